The number of carbonyl (C=O) groups is 1. The van der Waals surface area contributed by atoms with E-state index in [9.17, 15) is 4.79 Å². The third-order valence-electron chi connectivity index (χ3n) is 3.69. The molecule has 0 radical (unpaired) electrons. The molecule has 0 saturated carbocycles. The lowest BCUT2D eigenvalue weighted by Gasteiger charge is -2.18. The summed E-state index contributed by atoms with van der Waals surface area (Å²) in [6, 6.07) is 21.0. The number of thioether (sulfide) groups is 1. The predicted octanol–water partition coefficient (Wildman–Crippen LogP) is 4.08. The van der Waals surface area contributed by atoms with Crippen molar-refractivity contribution in [3.05, 3.63) is 71.8 Å². The number of hydrogen-bond donors (Lipinski definition) is 1. The van der Waals surface area contributed by atoms with E-state index >= 15 is 0 Å². The van der Waals surface area contributed by atoms with Gasteiger partial charge in [0.1, 0.15) is 0 Å². The lowest BCUT2D eigenvalue weighted by Crippen LogP contribution is -2.26. The van der Waals surface area contributed by atoms with Gasteiger partial charge in [0, 0.05) is 24.6 Å². The Morgan fingerprint density at radius 2 is 1.55 bits per heavy atom. The summed E-state index contributed by atoms with van der Waals surface area (Å²) in [6.07, 6.45) is 3.54. The zero-order valence-corrected chi connectivity index (χ0v) is 13.8. The summed E-state index contributed by atoms with van der Waals surface area (Å²) in [4.78, 5) is 11.7. The Morgan fingerprint density at radius 3 is 2.05 bits per heavy atom. The summed E-state index contributed by atoms with van der Waals surface area (Å²) in [6.45, 7) is 0.710. The van der Waals surface area contributed by atoms with Gasteiger partial charge in [0.05, 0.1) is 0 Å². The average molecular weight is 313 g/mol. The van der Waals surface area contributed by atoms with E-state index in [4.69, 9.17) is 0 Å². The van der Waals surface area contributed by atoms with Crippen molar-refractivity contribution < 1.29 is 4.79 Å². The molecule has 0 spiro atoms. The second kappa shape index (κ2) is 9.31. The van der Waals surface area contributed by atoms with E-state index < -0.39 is 0 Å². The van der Waals surface area contributed by atoms with Gasteiger partial charge < -0.3 is 5.32 Å². The second-order valence-corrected chi connectivity index (χ2v) is 6.24. The summed E-state index contributed by atoms with van der Waals surface area (Å²) in [7, 11) is 0. The maximum absolute atomic E-state index is 11.7. The van der Waals surface area contributed by atoms with Gasteiger partial charge >= 0.3 is 0 Å². The zero-order valence-electron chi connectivity index (χ0n) is 13.0. The molecule has 0 bridgehead atoms. The van der Waals surface area contributed by atoms with Crippen molar-refractivity contribution in [3.63, 3.8) is 0 Å². The molecule has 2 nitrogen and oxygen atoms in total. The van der Waals surface area contributed by atoms with Crippen LogP contribution in [0.1, 0.15) is 29.9 Å². The molecule has 0 aliphatic heterocycles. The highest BCUT2D eigenvalue weighted by molar-refractivity contribution is 7.98. The van der Waals surface area contributed by atoms with Crippen LogP contribution in [-0.4, -0.2) is 24.5 Å². The van der Waals surface area contributed by atoms with Crippen LogP contribution in [-0.2, 0) is 4.79 Å². The van der Waals surface area contributed by atoms with Gasteiger partial charge in [0.15, 0.2) is 0 Å². The van der Waals surface area contributed by atoms with Crippen molar-refractivity contribution in [2.24, 2.45) is 0 Å². The molecule has 0 unspecified atom stereocenters. The Balaban J connectivity index is 1.99. The molecule has 0 fully saturated rings. The van der Waals surface area contributed by atoms with Crippen LogP contribution in [0.2, 0.25) is 0 Å². The van der Waals surface area contributed by atoms with E-state index in [-0.39, 0.29) is 5.91 Å². The maximum atomic E-state index is 11.7. The highest BCUT2D eigenvalue weighted by Crippen LogP contribution is 2.27. The summed E-state index contributed by atoms with van der Waals surface area (Å²) >= 11 is 1.70. The molecule has 0 aromatic heterocycles. The maximum Gasteiger partial charge on any atom is 0.220 e. The molecule has 2 rings (SSSR count). The minimum Gasteiger partial charge on any atom is -0.356 e. The predicted molar refractivity (Wildman–Crippen MR) is 95.4 cm³/mol. The fourth-order valence-corrected chi connectivity index (χ4v) is 2.93. The Hall–Kier alpha value is -1.74. The Bertz CT molecular complexity index is 517. The normalized spacial score (nSPS) is 10.6. The first-order chi connectivity index (χ1) is 10.8. The van der Waals surface area contributed by atoms with Gasteiger partial charge in [-0.3, -0.25) is 4.79 Å². The molecule has 1 amide bonds. The Morgan fingerprint density at radius 1 is 1.00 bits per heavy atom. The molecular weight excluding hydrogens is 290 g/mol. The van der Waals surface area contributed by atoms with Crippen molar-refractivity contribution in [2.75, 3.05) is 18.6 Å². The van der Waals surface area contributed by atoms with Crippen LogP contribution in [0, 0.1) is 0 Å². The molecule has 0 heterocycles. The van der Waals surface area contributed by atoms with Crippen LogP contribution in [0.15, 0.2) is 60.7 Å². The first kappa shape index (κ1) is 16.6. The van der Waals surface area contributed by atoms with E-state index in [0.717, 1.165) is 12.2 Å². The summed E-state index contributed by atoms with van der Waals surface area (Å²) < 4.78 is 0. The Kier molecular flexibility index (Phi) is 7.04. The summed E-state index contributed by atoms with van der Waals surface area (Å²) in [5.74, 6) is 1.35. The van der Waals surface area contributed by atoms with Gasteiger partial charge in [-0.25, -0.2) is 0 Å². The SMILES string of the molecule is CSCCC(=O)NCCC(c1ccccc1)c1ccccc1. The highest BCUT2D eigenvalue weighted by atomic mass is 32.2. The van der Waals surface area contributed by atoms with E-state index in [2.05, 4.69) is 53.8 Å². The topological polar surface area (TPSA) is 29.1 Å². The van der Waals surface area contributed by atoms with E-state index in [1.54, 1.807) is 11.8 Å². The molecule has 2 aromatic carbocycles. The third kappa shape index (κ3) is 5.23. The molecule has 0 saturated heterocycles. The first-order valence-corrected chi connectivity index (χ1v) is 9.06. The van der Waals surface area contributed by atoms with E-state index in [1.165, 1.54) is 11.1 Å². The minimum atomic E-state index is 0.147. The number of benzene rings is 2. The van der Waals surface area contributed by atoms with Crippen LogP contribution in [0.5, 0.6) is 0 Å². The second-order valence-electron chi connectivity index (χ2n) is 5.26. The number of rotatable bonds is 8. The summed E-state index contributed by atoms with van der Waals surface area (Å²) in [5, 5.41) is 3.04. The first-order valence-electron chi connectivity index (χ1n) is 7.67. The molecule has 1 N–H and O–H groups in total. The van der Waals surface area contributed by atoms with Crippen LogP contribution in [0.4, 0.5) is 0 Å². The van der Waals surface area contributed by atoms with Gasteiger partial charge in [-0.05, 0) is 23.8 Å². The van der Waals surface area contributed by atoms with Crippen molar-refractivity contribution in [3.8, 4) is 0 Å². The Labute approximate surface area is 137 Å². The quantitative estimate of drug-likeness (QED) is 0.795. The number of amides is 1. The number of carbonyl (C=O) groups excluding carboxylic acids is 1. The fraction of sp³-hybridized carbons (Fsp3) is 0.316. The molecule has 3 heteroatoms. The van der Waals surface area contributed by atoms with Crippen LogP contribution >= 0.6 is 11.8 Å². The monoisotopic (exact) mass is 313 g/mol. The van der Waals surface area contributed by atoms with Gasteiger partial charge in [0.2, 0.25) is 5.91 Å². The average Bonchev–Trinajstić information content (AvgIpc) is 2.58. The third-order valence-corrected chi connectivity index (χ3v) is 4.30. The van der Waals surface area contributed by atoms with E-state index in [0.29, 0.717) is 18.9 Å². The van der Waals surface area contributed by atoms with Gasteiger partial charge in [0.25, 0.3) is 0 Å². The number of nitrogens with one attached hydrogen (secondary N) is 1. The van der Waals surface area contributed by atoms with Crippen molar-refractivity contribution in [2.45, 2.75) is 18.8 Å². The lowest BCUT2D eigenvalue weighted by molar-refractivity contribution is -0.120. The molecule has 0 atom stereocenters. The molecule has 0 aliphatic rings. The minimum absolute atomic E-state index is 0.147. The van der Waals surface area contributed by atoms with Gasteiger partial charge in [-0.2, -0.15) is 11.8 Å². The highest BCUT2D eigenvalue weighted by Gasteiger charge is 2.13. The zero-order chi connectivity index (χ0) is 15.6. The van der Waals surface area contributed by atoms with Gasteiger partial charge in [-0.1, -0.05) is 60.7 Å². The van der Waals surface area contributed by atoms with Crippen LogP contribution in [0.25, 0.3) is 0 Å². The lowest BCUT2D eigenvalue weighted by atomic mass is 9.88. The molecule has 116 valence electrons. The van der Waals surface area contributed by atoms with E-state index in [1.807, 2.05) is 18.4 Å². The van der Waals surface area contributed by atoms with Crippen molar-refractivity contribution >= 4 is 17.7 Å². The summed E-state index contributed by atoms with van der Waals surface area (Å²) in [5.41, 5.74) is 2.60. The smallest absolute Gasteiger partial charge is 0.220 e. The largest absolute Gasteiger partial charge is 0.356 e. The molecular formula is C19H23NOS. The molecule has 22 heavy (non-hydrogen) atoms. The van der Waals surface area contributed by atoms with Crippen molar-refractivity contribution in [1.29, 1.82) is 0 Å². The van der Waals surface area contributed by atoms with Crippen molar-refractivity contribution in [1.82, 2.24) is 5.32 Å². The van der Waals surface area contributed by atoms with Crippen LogP contribution in [0.3, 0.4) is 0 Å². The van der Waals surface area contributed by atoms with Gasteiger partial charge in [-0.15, -0.1) is 0 Å². The molecule has 2 aromatic rings. The van der Waals surface area contributed by atoms with Crippen LogP contribution < -0.4 is 5.32 Å². The molecule has 0 aliphatic carbocycles. The standard InChI is InChI=1S/C19H23NOS/c1-22-15-13-19(21)20-14-12-18(16-8-4-2-5-9-16)17-10-6-3-7-11-17/h2-11,18H,12-15H2,1H3,(H,20,21). The fourth-order valence-electron chi connectivity index (χ4n) is 2.54. The number of hydrogen-bond acceptors (Lipinski definition) is 2.